The Morgan fingerprint density at radius 1 is 1.20 bits per heavy atom. The number of rotatable bonds is 3. The summed E-state index contributed by atoms with van der Waals surface area (Å²) in [6, 6.07) is 8.91. The predicted molar refractivity (Wildman–Crippen MR) is 73.5 cm³/mol. The summed E-state index contributed by atoms with van der Waals surface area (Å²) in [5.41, 5.74) is 2.21. The molecular formula is C16H14FNO2. The monoisotopic (exact) mass is 271 g/mol. The average molecular weight is 271 g/mol. The van der Waals surface area contributed by atoms with E-state index in [2.05, 4.69) is 0 Å². The lowest BCUT2D eigenvalue weighted by atomic mass is 10.1. The second-order valence-electron chi connectivity index (χ2n) is 5.02. The molecule has 1 aliphatic rings. The van der Waals surface area contributed by atoms with Crippen LogP contribution >= 0.6 is 0 Å². The second-order valence-corrected chi connectivity index (χ2v) is 5.02. The molecule has 0 saturated carbocycles. The molecule has 0 atom stereocenters. The van der Waals surface area contributed by atoms with E-state index < -0.39 is 5.82 Å². The van der Waals surface area contributed by atoms with Gasteiger partial charge >= 0.3 is 0 Å². The van der Waals surface area contributed by atoms with Crippen molar-refractivity contribution in [2.24, 2.45) is 0 Å². The molecule has 0 saturated heterocycles. The first-order chi connectivity index (χ1) is 9.65. The molecule has 0 spiro atoms. The van der Waals surface area contributed by atoms with Gasteiger partial charge < -0.3 is 4.57 Å². The van der Waals surface area contributed by atoms with E-state index in [9.17, 15) is 14.0 Å². The van der Waals surface area contributed by atoms with Crippen molar-refractivity contribution >= 4 is 5.78 Å². The number of carbonyl (C=O) groups is 1. The third kappa shape index (κ3) is 2.29. The summed E-state index contributed by atoms with van der Waals surface area (Å²) in [5.74, 6) is -0.687. The fraction of sp³-hybridized carbons (Fsp3) is 0.250. The molecule has 3 rings (SSSR count). The summed E-state index contributed by atoms with van der Waals surface area (Å²) in [7, 11) is 0. The van der Waals surface area contributed by atoms with Crippen LogP contribution in [0.3, 0.4) is 0 Å². The van der Waals surface area contributed by atoms with Gasteiger partial charge in [0, 0.05) is 17.3 Å². The number of ketones is 1. The second kappa shape index (κ2) is 5.04. The maximum atomic E-state index is 13.1. The third-order valence-electron chi connectivity index (χ3n) is 3.70. The van der Waals surface area contributed by atoms with E-state index in [0.29, 0.717) is 5.56 Å². The zero-order valence-electron chi connectivity index (χ0n) is 10.9. The molecule has 0 unspecified atom stereocenters. The first-order valence-corrected chi connectivity index (χ1v) is 6.65. The van der Waals surface area contributed by atoms with Crippen LogP contribution in [0.2, 0.25) is 0 Å². The molecule has 1 aliphatic carbocycles. The SMILES string of the molecule is O=C(Cn1c2c(ccc1=O)CCC2)c1cccc(F)c1. The molecule has 0 aliphatic heterocycles. The predicted octanol–water partition coefficient (Wildman–Crippen LogP) is 2.36. The summed E-state index contributed by atoms with van der Waals surface area (Å²) in [6.45, 7) is -0.0224. The van der Waals surface area contributed by atoms with Crippen molar-refractivity contribution in [2.75, 3.05) is 0 Å². The Labute approximate surface area is 115 Å². The quantitative estimate of drug-likeness (QED) is 0.804. The molecule has 0 amide bonds. The van der Waals surface area contributed by atoms with Gasteiger partial charge in [-0.05, 0) is 37.0 Å². The van der Waals surface area contributed by atoms with Gasteiger partial charge in [0.1, 0.15) is 5.82 Å². The highest BCUT2D eigenvalue weighted by molar-refractivity contribution is 5.95. The van der Waals surface area contributed by atoms with Gasteiger partial charge in [0.15, 0.2) is 5.78 Å². The lowest BCUT2D eigenvalue weighted by Gasteiger charge is -2.11. The Morgan fingerprint density at radius 3 is 2.85 bits per heavy atom. The number of fused-ring (bicyclic) bond motifs is 1. The van der Waals surface area contributed by atoms with E-state index in [-0.39, 0.29) is 17.9 Å². The van der Waals surface area contributed by atoms with E-state index >= 15 is 0 Å². The maximum Gasteiger partial charge on any atom is 0.251 e. The van der Waals surface area contributed by atoms with Crippen LogP contribution in [0, 0.1) is 5.82 Å². The van der Waals surface area contributed by atoms with Crippen molar-refractivity contribution in [1.29, 1.82) is 0 Å². The number of nitrogens with zero attached hydrogens (tertiary/aromatic N) is 1. The third-order valence-corrected chi connectivity index (χ3v) is 3.70. The van der Waals surface area contributed by atoms with Gasteiger partial charge in [-0.25, -0.2) is 4.39 Å². The van der Waals surface area contributed by atoms with Crippen LogP contribution in [0.4, 0.5) is 4.39 Å². The van der Waals surface area contributed by atoms with Gasteiger partial charge in [-0.1, -0.05) is 18.2 Å². The fourth-order valence-corrected chi connectivity index (χ4v) is 2.70. The molecular weight excluding hydrogens is 257 g/mol. The molecule has 0 N–H and O–H groups in total. The number of pyridine rings is 1. The Morgan fingerprint density at radius 2 is 2.05 bits per heavy atom. The van der Waals surface area contributed by atoms with E-state index in [0.717, 1.165) is 30.5 Å². The minimum Gasteiger partial charge on any atom is -0.305 e. The number of Topliss-reactive ketones (excluding diaryl/α,β-unsaturated/α-hetero) is 1. The smallest absolute Gasteiger partial charge is 0.251 e. The zero-order valence-corrected chi connectivity index (χ0v) is 10.9. The van der Waals surface area contributed by atoms with Crippen molar-refractivity contribution in [2.45, 2.75) is 25.8 Å². The van der Waals surface area contributed by atoms with E-state index in [1.165, 1.54) is 28.8 Å². The lowest BCUT2D eigenvalue weighted by Crippen LogP contribution is -2.26. The van der Waals surface area contributed by atoms with Crippen molar-refractivity contribution in [3.8, 4) is 0 Å². The standard InChI is InChI=1S/C16H14FNO2/c17-13-5-1-4-12(9-13)15(19)10-18-14-6-2-3-11(14)7-8-16(18)20/h1,4-5,7-9H,2-3,6,10H2. The van der Waals surface area contributed by atoms with Crippen LogP contribution in [-0.2, 0) is 19.4 Å². The number of carbonyl (C=O) groups excluding carboxylic acids is 1. The molecule has 2 aromatic rings. The Kier molecular flexibility index (Phi) is 3.22. The van der Waals surface area contributed by atoms with Crippen LogP contribution in [0.15, 0.2) is 41.2 Å². The highest BCUT2D eigenvalue weighted by Gasteiger charge is 2.18. The summed E-state index contributed by atoms with van der Waals surface area (Å²) in [4.78, 5) is 24.1. The number of aromatic nitrogens is 1. The topological polar surface area (TPSA) is 39.1 Å². The molecule has 1 heterocycles. The summed E-state index contributed by atoms with van der Waals surface area (Å²) in [5, 5.41) is 0. The Bertz CT molecular complexity index is 733. The molecule has 4 heteroatoms. The first kappa shape index (κ1) is 12.8. The average Bonchev–Trinajstić information content (AvgIpc) is 2.90. The van der Waals surface area contributed by atoms with Crippen molar-refractivity contribution in [3.63, 3.8) is 0 Å². The summed E-state index contributed by atoms with van der Waals surface area (Å²) < 4.78 is 14.7. The molecule has 20 heavy (non-hydrogen) atoms. The number of hydrogen-bond acceptors (Lipinski definition) is 2. The number of hydrogen-bond donors (Lipinski definition) is 0. The van der Waals surface area contributed by atoms with Crippen LogP contribution in [0.5, 0.6) is 0 Å². The molecule has 102 valence electrons. The number of halogens is 1. The van der Waals surface area contributed by atoms with Gasteiger partial charge in [-0.2, -0.15) is 0 Å². The van der Waals surface area contributed by atoms with Crippen LogP contribution in [-0.4, -0.2) is 10.4 Å². The maximum absolute atomic E-state index is 13.1. The minimum atomic E-state index is -0.443. The molecule has 1 aromatic carbocycles. The normalized spacial score (nSPS) is 13.2. The van der Waals surface area contributed by atoms with E-state index in [1.54, 1.807) is 6.07 Å². The number of aryl methyl sites for hydroxylation is 1. The molecule has 0 bridgehead atoms. The van der Waals surface area contributed by atoms with Crippen molar-refractivity contribution < 1.29 is 9.18 Å². The van der Waals surface area contributed by atoms with Gasteiger partial charge in [0.05, 0.1) is 6.54 Å². The van der Waals surface area contributed by atoms with Gasteiger partial charge in [-0.3, -0.25) is 9.59 Å². The summed E-state index contributed by atoms with van der Waals surface area (Å²) in [6.07, 6.45) is 2.78. The number of benzene rings is 1. The van der Waals surface area contributed by atoms with Crippen LogP contribution < -0.4 is 5.56 Å². The largest absolute Gasteiger partial charge is 0.305 e. The first-order valence-electron chi connectivity index (χ1n) is 6.65. The highest BCUT2D eigenvalue weighted by atomic mass is 19.1. The minimum absolute atomic E-state index is 0.0224. The van der Waals surface area contributed by atoms with Gasteiger partial charge in [0.25, 0.3) is 5.56 Å². The fourth-order valence-electron chi connectivity index (χ4n) is 2.70. The van der Waals surface area contributed by atoms with E-state index in [4.69, 9.17) is 0 Å². The van der Waals surface area contributed by atoms with Crippen LogP contribution in [0.1, 0.15) is 28.0 Å². The zero-order chi connectivity index (χ0) is 14.1. The molecule has 3 nitrogen and oxygen atoms in total. The van der Waals surface area contributed by atoms with Gasteiger partial charge in [0.2, 0.25) is 0 Å². The van der Waals surface area contributed by atoms with Crippen molar-refractivity contribution in [1.82, 2.24) is 4.57 Å². The Balaban J connectivity index is 1.94. The Hall–Kier alpha value is -2.23. The van der Waals surface area contributed by atoms with Crippen molar-refractivity contribution in [3.05, 3.63) is 69.4 Å². The summed E-state index contributed by atoms with van der Waals surface area (Å²) >= 11 is 0. The molecule has 0 radical (unpaired) electrons. The lowest BCUT2D eigenvalue weighted by molar-refractivity contribution is 0.0969. The molecule has 0 fully saturated rings. The molecule has 1 aromatic heterocycles. The highest BCUT2D eigenvalue weighted by Crippen LogP contribution is 2.20. The van der Waals surface area contributed by atoms with E-state index in [1.807, 2.05) is 6.07 Å². The van der Waals surface area contributed by atoms with Crippen LogP contribution in [0.25, 0.3) is 0 Å². The van der Waals surface area contributed by atoms with Gasteiger partial charge in [-0.15, -0.1) is 0 Å².